The van der Waals surface area contributed by atoms with E-state index in [0.29, 0.717) is 6.54 Å². The summed E-state index contributed by atoms with van der Waals surface area (Å²) < 4.78 is 5.26. The van der Waals surface area contributed by atoms with Crippen LogP contribution in [0.2, 0.25) is 0 Å². The molecule has 86 valence electrons. The summed E-state index contributed by atoms with van der Waals surface area (Å²) in [7, 11) is 1.67. The molecule has 0 fully saturated rings. The Balaban J connectivity index is 2.05. The van der Waals surface area contributed by atoms with Crippen LogP contribution in [0.25, 0.3) is 0 Å². The van der Waals surface area contributed by atoms with Crippen LogP contribution in [0.1, 0.15) is 11.3 Å². The fourth-order valence-electron chi connectivity index (χ4n) is 1.52. The average molecular weight is 226 g/mol. The van der Waals surface area contributed by atoms with Crippen molar-refractivity contribution in [3.05, 3.63) is 59.9 Å². The molecular formula is C14H14N2O. The van der Waals surface area contributed by atoms with Crippen LogP contribution >= 0.6 is 0 Å². The van der Waals surface area contributed by atoms with Crippen molar-refractivity contribution in [2.75, 3.05) is 7.11 Å². The van der Waals surface area contributed by atoms with Crippen molar-refractivity contribution >= 4 is 6.21 Å². The van der Waals surface area contributed by atoms with Crippen molar-refractivity contribution in [1.29, 1.82) is 0 Å². The molecule has 3 heteroatoms. The Bertz CT molecular complexity index is 495. The van der Waals surface area contributed by atoms with Crippen molar-refractivity contribution in [3.63, 3.8) is 0 Å². The fourth-order valence-corrected chi connectivity index (χ4v) is 1.52. The Hall–Kier alpha value is -2.16. The summed E-state index contributed by atoms with van der Waals surface area (Å²) in [6.45, 7) is 0.598. The van der Waals surface area contributed by atoms with E-state index in [1.165, 1.54) is 0 Å². The predicted molar refractivity (Wildman–Crippen MR) is 68.5 cm³/mol. The fraction of sp³-hybridized carbons (Fsp3) is 0.143. The summed E-state index contributed by atoms with van der Waals surface area (Å²) in [5, 5.41) is 0. The third kappa shape index (κ3) is 3.14. The molecule has 2 rings (SSSR count). The maximum absolute atomic E-state index is 5.26. The Morgan fingerprint density at radius 1 is 1.18 bits per heavy atom. The number of nitrogens with zero attached hydrogens (tertiary/aromatic N) is 2. The molecule has 0 saturated heterocycles. The molecule has 0 aliphatic carbocycles. The molecule has 0 N–H and O–H groups in total. The van der Waals surface area contributed by atoms with Crippen molar-refractivity contribution in [1.82, 2.24) is 4.98 Å². The molecule has 0 radical (unpaired) electrons. The van der Waals surface area contributed by atoms with Crippen molar-refractivity contribution in [3.8, 4) is 5.75 Å². The van der Waals surface area contributed by atoms with Gasteiger partial charge in [0.25, 0.3) is 0 Å². The molecular weight excluding hydrogens is 212 g/mol. The maximum Gasteiger partial charge on any atom is 0.123 e. The van der Waals surface area contributed by atoms with E-state index in [0.717, 1.165) is 17.0 Å². The standard InChI is InChI=1S/C14H14N2O/c1-17-14-8-3-2-6-12(14)10-15-11-13-7-4-5-9-16-13/h2-9,11H,10H2,1H3/b15-11-. The highest BCUT2D eigenvalue weighted by atomic mass is 16.5. The van der Waals surface area contributed by atoms with Gasteiger partial charge in [-0.05, 0) is 18.2 Å². The first-order valence-electron chi connectivity index (χ1n) is 5.43. The summed E-state index contributed by atoms with van der Waals surface area (Å²) in [5.74, 6) is 0.866. The second-order valence-electron chi connectivity index (χ2n) is 3.54. The SMILES string of the molecule is COc1ccccc1C/N=C\c1ccccn1. The van der Waals surface area contributed by atoms with Crippen molar-refractivity contribution in [2.45, 2.75) is 6.54 Å². The molecule has 1 aromatic heterocycles. The van der Waals surface area contributed by atoms with Gasteiger partial charge in [-0.15, -0.1) is 0 Å². The highest BCUT2D eigenvalue weighted by molar-refractivity contribution is 5.76. The summed E-state index contributed by atoms with van der Waals surface area (Å²) in [6, 6.07) is 13.6. The Morgan fingerprint density at radius 3 is 2.76 bits per heavy atom. The van der Waals surface area contributed by atoms with E-state index in [-0.39, 0.29) is 0 Å². The zero-order valence-electron chi connectivity index (χ0n) is 9.71. The monoisotopic (exact) mass is 226 g/mol. The topological polar surface area (TPSA) is 34.5 Å². The van der Waals surface area contributed by atoms with Crippen LogP contribution in [0.15, 0.2) is 53.7 Å². The van der Waals surface area contributed by atoms with E-state index in [4.69, 9.17) is 4.74 Å². The van der Waals surface area contributed by atoms with E-state index in [1.54, 1.807) is 19.5 Å². The van der Waals surface area contributed by atoms with Crippen LogP contribution in [0.5, 0.6) is 5.75 Å². The van der Waals surface area contributed by atoms with Crippen molar-refractivity contribution < 1.29 is 4.74 Å². The zero-order chi connectivity index (χ0) is 11.9. The molecule has 0 spiro atoms. The number of hydrogen-bond acceptors (Lipinski definition) is 3. The van der Waals surface area contributed by atoms with E-state index in [9.17, 15) is 0 Å². The lowest BCUT2D eigenvalue weighted by Crippen LogP contribution is -1.91. The van der Waals surface area contributed by atoms with Gasteiger partial charge in [0.1, 0.15) is 5.75 Å². The van der Waals surface area contributed by atoms with Gasteiger partial charge >= 0.3 is 0 Å². The number of hydrogen-bond donors (Lipinski definition) is 0. The van der Waals surface area contributed by atoms with Crippen LogP contribution in [0.4, 0.5) is 0 Å². The third-order valence-electron chi connectivity index (χ3n) is 2.37. The van der Waals surface area contributed by atoms with Gasteiger partial charge in [0, 0.05) is 18.0 Å². The van der Waals surface area contributed by atoms with Gasteiger partial charge in [-0.25, -0.2) is 0 Å². The second-order valence-corrected chi connectivity index (χ2v) is 3.54. The Morgan fingerprint density at radius 2 is 2.00 bits per heavy atom. The van der Waals surface area contributed by atoms with Crippen LogP contribution in [-0.4, -0.2) is 18.3 Å². The molecule has 2 aromatic rings. The Labute approximate surface area is 101 Å². The summed E-state index contributed by atoms with van der Waals surface area (Å²) in [6.07, 6.45) is 3.52. The number of methoxy groups -OCH3 is 1. The average Bonchev–Trinajstić information content (AvgIpc) is 2.40. The number of ether oxygens (including phenoxy) is 1. The summed E-state index contributed by atoms with van der Waals surface area (Å²) >= 11 is 0. The summed E-state index contributed by atoms with van der Waals surface area (Å²) in [4.78, 5) is 8.52. The normalized spacial score (nSPS) is 10.6. The lowest BCUT2D eigenvalue weighted by atomic mass is 10.2. The minimum absolute atomic E-state index is 0.598. The number of rotatable bonds is 4. The van der Waals surface area contributed by atoms with E-state index < -0.39 is 0 Å². The van der Waals surface area contributed by atoms with Gasteiger partial charge < -0.3 is 4.74 Å². The minimum atomic E-state index is 0.598. The maximum atomic E-state index is 5.26. The molecule has 3 nitrogen and oxygen atoms in total. The quantitative estimate of drug-likeness (QED) is 0.751. The third-order valence-corrected chi connectivity index (χ3v) is 2.37. The zero-order valence-corrected chi connectivity index (χ0v) is 9.71. The highest BCUT2D eigenvalue weighted by Gasteiger charge is 1.98. The molecule has 0 saturated carbocycles. The smallest absolute Gasteiger partial charge is 0.123 e. The van der Waals surface area contributed by atoms with Crippen LogP contribution in [0, 0.1) is 0 Å². The Kier molecular flexibility index (Phi) is 3.86. The molecule has 1 aromatic carbocycles. The van der Waals surface area contributed by atoms with Crippen molar-refractivity contribution in [2.24, 2.45) is 4.99 Å². The van der Waals surface area contributed by atoms with E-state index in [2.05, 4.69) is 9.98 Å². The lowest BCUT2D eigenvalue weighted by Gasteiger charge is -2.04. The first-order valence-corrected chi connectivity index (χ1v) is 5.43. The predicted octanol–water partition coefficient (Wildman–Crippen LogP) is 2.71. The number of benzene rings is 1. The number of aliphatic imine (C=N–C) groups is 1. The van der Waals surface area contributed by atoms with Crippen LogP contribution in [-0.2, 0) is 6.54 Å². The molecule has 1 heterocycles. The van der Waals surface area contributed by atoms with E-state index in [1.807, 2.05) is 42.5 Å². The molecule has 0 aliphatic rings. The molecule has 0 bridgehead atoms. The van der Waals surface area contributed by atoms with Crippen LogP contribution < -0.4 is 4.74 Å². The first-order chi connectivity index (χ1) is 8.40. The number of para-hydroxylation sites is 1. The minimum Gasteiger partial charge on any atom is -0.496 e. The lowest BCUT2D eigenvalue weighted by molar-refractivity contribution is 0.410. The molecule has 0 aliphatic heterocycles. The number of pyridine rings is 1. The second kappa shape index (κ2) is 5.80. The molecule has 17 heavy (non-hydrogen) atoms. The summed E-state index contributed by atoms with van der Waals surface area (Å²) in [5.41, 5.74) is 1.93. The van der Waals surface area contributed by atoms with Gasteiger partial charge in [-0.3, -0.25) is 9.98 Å². The van der Waals surface area contributed by atoms with Gasteiger partial charge in [0.2, 0.25) is 0 Å². The highest BCUT2D eigenvalue weighted by Crippen LogP contribution is 2.17. The molecule has 0 atom stereocenters. The first kappa shape index (κ1) is 11.3. The van der Waals surface area contributed by atoms with Crippen LogP contribution in [0.3, 0.4) is 0 Å². The largest absolute Gasteiger partial charge is 0.496 e. The molecule has 0 unspecified atom stereocenters. The van der Waals surface area contributed by atoms with E-state index >= 15 is 0 Å². The van der Waals surface area contributed by atoms with Gasteiger partial charge in [-0.2, -0.15) is 0 Å². The van der Waals surface area contributed by atoms with Gasteiger partial charge in [-0.1, -0.05) is 24.3 Å². The van der Waals surface area contributed by atoms with Gasteiger partial charge in [0.05, 0.1) is 19.3 Å². The number of aromatic nitrogens is 1. The van der Waals surface area contributed by atoms with Gasteiger partial charge in [0.15, 0.2) is 0 Å². The molecule has 0 amide bonds.